The van der Waals surface area contributed by atoms with E-state index in [0.717, 1.165) is 51.3 Å². The highest BCUT2D eigenvalue weighted by Gasteiger charge is 2.52. The van der Waals surface area contributed by atoms with Gasteiger partial charge in [-0.05, 0) is 37.5 Å². The van der Waals surface area contributed by atoms with Crippen molar-refractivity contribution < 1.29 is 9.47 Å². The normalized spacial score (nSPS) is 27.6. The molecular weight excluding hydrogens is 326 g/mol. The summed E-state index contributed by atoms with van der Waals surface area (Å²) < 4.78 is 13.0. The van der Waals surface area contributed by atoms with E-state index in [1.165, 1.54) is 23.2 Å². The van der Waals surface area contributed by atoms with Gasteiger partial charge in [0.15, 0.2) is 0 Å². The number of H-pyrrole nitrogens is 1. The zero-order valence-electron chi connectivity index (χ0n) is 15.4. The summed E-state index contributed by atoms with van der Waals surface area (Å²) in [6.07, 6.45) is 6.52. The minimum absolute atomic E-state index is 0.0731. The number of piperidine rings is 1. The molecule has 0 saturated carbocycles. The third kappa shape index (κ3) is 2.74. The molecule has 0 bridgehead atoms. The standard InChI is InChI=1S/C21H27N3O2/c1-15-4-5-17-19(13-15)26-21(18-3-2-12-25-20(17)18)7-10-24(11-8-21)14-16-6-9-22-23-16/h4-6,9,13,18,20H,2-3,7-8,10-12,14H2,1H3,(H,22,23)/t18-,20+/m0/s1. The van der Waals surface area contributed by atoms with E-state index in [4.69, 9.17) is 9.47 Å². The van der Waals surface area contributed by atoms with Crippen molar-refractivity contribution in [3.63, 3.8) is 0 Å². The van der Waals surface area contributed by atoms with Gasteiger partial charge in [0, 0.05) is 62.5 Å². The number of aromatic nitrogens is 2. The van der Waals surface area contributed by atoms with Crippen molar-refractivity contribution >= 4 is 0 Å². The van der Waals surface area contributed by atoms with Crippen LogP contribution in [0.1, 0.15) is 48.6 Å². The third-order valence-corrected chi connectivity index (χ3v) is 6.44. The second-order valence-electron chi connectivity index (χ2n) is 8.11. The molecule has 5 heteroatoms. The minimum Gasteiger partial charge on any atom is -0.486 e. The largest absolute Gasteiger partial charge is 0.486 e. The molecule has 0 amide bonds. The SMILES string of the molecule is Cc1ccc2c(c1)OC1(CCN(Cc3ccn[nH]3)CC1)[C@H]1CCCO[C@H]21. The van der Waals surface area contributed by atoms with Crippen molar-refractivity contribution in [1.29, 1.82) is 0 Å². The fourth-order valence-corrected chi connectivity index (χ4v) is 5.06. The number of nitrogens with zero attached hydrogens (tertiary/aromatic N) is 2. The quantitative estimate of drug-likeness (QED) is 0.896. The topological polar surface area (TPSA) is 50.4 Å². The Hall–Kier alpha value is -1.85. The summed E-state index contributed by atoms with van der Waals surface area (Å²) in [4.78, 5) is 2.51. The van der Waals surface area contributed by atoms with Gasteiger partial charge in [0.05, 0.1) is 6.10 Å². The van der Waals surface area contributed by atoms with Crippen LogP contribution < -0.4 is 4.74 Å². The highest BCUT2D eigenvalue weighted by molar-refractivity contribution is 5.42. The maximum absolute atomic E-state index is 6.77. The molecule has 5 nitrogen and oxygen atoms in total. The Balaban J connectivity index is 1.39. The molecule has 2 atom stereocenters. The Morgan fingerprint density at radius 1 is 1.27 bits per heavy atom. The van der Waals surface area contributed by atoms with Crippen LogP contribution in [0, 0.1) is 12.8 Å². The summed E-state index contributed by atoms with van der Waals surface area (Å²) >= 11 is 0. The Bertz CT molecular complexity index is 766. The van der Waals surface area contributed by atoms with Gasteiger partial charge >= 0.3 is 0 Å². The van der Waals surface area contributed by atoms with Gasteiger partial charge in [-0.3, -0.25) is 10.00 Å². The lowest BCUT2D eigenvalue weighted by molar-refractivity contribution is -0.150. The van der Waals surface area contributed by atoms with Crippen LogP contribution in [0.3, 0.4) is 0 Å². The number of hydrogen-bond donors (Lipinski definition) is 1. The van der Waals surface area contributed by atoms with Gasteiger partial charge in [0.2, 0.25) is 0 Å². The van der Waals surface area contributed by atoms with Crippen molar-refractivity contribution in [2.75, 3.05) is 19.7 Å². The fourth-order valence-electron chi connectivity index (χ4n) is 5.06. The van der Waals surface area contributed by atoms with E-state index in [1.807, 2.05) is 6.20 Å². The van der Waals surface area contributed by atoms with E-state index in [-0.39, 0.29) is 11.7 Å². The maximum Gasteiger partial charge on any atom is 0.126 e. The lowest BCUT2D eigenvalue weighted by Crippen LogP contribution is -2.57. The van der Waals surface area contributed by atoms with Crippen LogP contribution in [-0.4, -0.2) is 40.4 Å². The molecule has 2 saturated heterocycles. The summed E-state index contributed by atoms with van der Waals surface area (Å²) in [6, 6.07) is 8.66. The van der Waals surface area contributed by atoms with E-state index in [0.29, 0.717) is 5.92 Å². The number of ether oxygens (including phenoxy) is 2. The molecule has 1 aromatic heterocycles. The first-order valence-corrected chi connectivity index (χ1v) is 9.85. The summed E-state index contributed by atoms with van der Waals surface area (Å²) in [6.45, 7) is 6.07. The molecule has 3 aliphatic rings. The number of aryl methyl sites for hydroxylation is 1. The molecule has 138 valence electrons. The number of likely N-dealkylation sites (tertiary alicyclic amines) is 1. The van der Waals surface area contributed by atoms with E-state index in [9.17, 15) is 0 Å². The fraction of sp³-hybridized carbons (Fsp3) is 0.571. The molecule has 0 aliphatic carbocycles. The number of benzene rings is 1. The van der Waals surface area contributed by atoms with Crippen LogP contribution in [0.4, 0.5) is 0 Å². The van der Waals surface area contributed by atoms with E-state index < -0.39 is 0 Å². The first-order chi connectivity index (χ1) is 12.7. The second kappa shape index (κ2) is 6.39. The highest BCUT2D eigenvalue weighted by Crippen LogP contribution is 2.53. The molecule has 1 spiro atoms. The van der Waals surface area contributed by atoms with Gasteiger partial charge < -0.3 is 9.47 Å². The summed E-state index contributed by atoms with van der Waals surface area (Å²) in [5.41, 5.74) is 3.62. The number of fused-ring (bicyclic) bond motifs is 4. The first-order valence-electron chi connectivity index (χ1n) is 9.85. The van der Waals surface area contributed by atoms with E-state index in [2.05, 4.69) is 46.3 Å². The van der Waals surface area contributed by atoms with Gasteiger partial charge in [-0.25, -0.2) is 0 Å². The van der Waals surface area contributed by atoms with Gasteiger partial charge in [-0.15, -0.1) is 0 Å². The number of nitrogens with one attached hydrogen (secondary N) is 1. The van der Waals surface area contributed by atoms with Gasteiger partial charge in [-0.2, -0.15) is 5.10 Å². The molecule has 2 fully saturated rings. The van der Waals surface area contributed by atoms with Crippen molar-refractivity contribution in [2.24, 2.45) is 5.92 Å². The lowest BCUT2D eigenvalue weighted by atomic mass is 9.70. The molecule has 1 aromatic carbocycles. The molecular formula is C21H27N3O2. The monoisotopic (exact) mass is 353 g/mol. The van der Waals surface area contributed by atoms with Crippen molar-refractivity contribution in [2.45, 2.75) is 50.9 Å². The Labute approximate surface area is 154 Å². The highest BCUT2D eigenvalue weighted by atomic mass is 16.5. The third-order valence-electron chi connectivity index (χ3n) is 6.44. The van der Waals surface area contributed by atoms with E-state index >= 15 is 0 Å². The van der Waals surface area contributed by atoms with Gasteiger partial charge in [-0.1, -0.05) is 12.1 Å². The molecule has 4 heterocycles. The number of aromatic amines is 1. The predicted molar refractivity (Wildman–Crippen MR) is 99.1 cm³/mol. The molecule has 26 heavy (non-hydrogen) atoms. The van der Waals surface area contributed by atoms with Gasteiger partial charge in [0.25, 0.3) is 0 Å². The van der Waals surface area contributed by atoms with Crippen molar-refractivity contribution in [3.8, 4) is 5.75 Å². The Morgan fingerprint density at radius 2 is 2.15 bits per heavy atom. The number of hydrogen-bond acceptors (Lipinski definition) is 4. The zero-order valence-corrected chi connectivity index (χ0v) is 15.4. The minimum atomic E-state index is -0.0731. The van der Waals surface area contributed by atoms with Crippen molar-refractivity contribution in [3.05, 3.63) is 47.3 Å². The van der Waals surface area contributed by atoms with Crippen LogP contribution in [0.15, 0.2) is 30.5 Å². The van der Waals surface area contributed by atoms with Crippen LogP contribution >= 0.6 is 0 Å². The summed E-state index contributed by atoms with van der Waals surface area (Å²) in [5, 5.41) is 7.14. The summed E-state index contributed by atoms with van der Waals surface area (Å²) in [5.74, 6) is 1.52. The average molecular weight is 353 g/mol. The van der Waals surface area contributed by atoms with Crippen LogP contribution in [0.2, 0.25) is 0 Å². The molecule has 0 radical (unpaired) electrons. The average Bonchev–Trinajstić information content (AvgIpc) is 3.17. The second-order valence-corrected chi connectivity index (χ2v) is 8.11. The molecule has 2 aromatic rings. The smallest absolute Gasteiger partial charge is 0.126 e. The van der Waals surface area contributed by atoms with Gasteiger partial charge in [0.1, 0.15) is 11.4 Å². The number of rotatable bonds is 2. The van der Waals surface area contributed by atoms with Crippen LogP contribution in [-0.2, 0) is 11.3 Å². The molecule has 5 rings (SSSR count). The lowest BCUT2D eigenvalue weighted by Gasteiger charge is -2.53. The molecule has 1 N–H and O–H groups in total. The molecule has 3 aliphatic heterocycles. The maximum atomic E-state index is 6.77. The summed E-state index contributed by atoms with van der Waals surface area (Å²) in [7, 11) is 0. The predicted octanol–water partition coefficient (Wildman–Crippen LogP) is 3.61. The Kier molecular flexibility index (Phi) is 4.02. The van der Waals surface area contributed by atoms with E-state index in [1.54, 1.807) is 0 Å². The molecule has 0 unspecified atom stereocenters. The van der Waals surface area contributed by atoms with Crippen LogP contribution in [0.5, 0.6) is 5.75 Å². The van der Waals surface area contributed by atoms with Crippen LogP contribution in [0.25, 0.3) is 0 Å². The first kappa shape index (κ1) is 16.3. The van der Waals surface area contributed by atoms with Crippen molar-refractivity contribution in [1.82, 2.24) is 15.1 Å². The zero-order chi connectivity index (χ0) is 17.6. The Morgan fingerprint density at radius 3 is 2.96 bits per heavy atom.